The fourth-order valence-electron chi connectivity index (χ4n) is 1.41. The minimum atomic E-state index is -0.215. The number of nitrogens with zero attached hydrogens (tertiary/aromatic N) is 1. The van der Waals surface area contributed by atoms with Crippen molar-refractivity contribution in [3.63, 3.8) is 0 Å². The van der Waals surface area contributed by atoms with Gasteiger partial charge in [0, 0.05) is 4.47 Å². The number of nitrogen functional groups attached to an aromatic ring is 1. The number of hydrogen-bond acceptors (Lipinski definition) is 4. The lowest BCUT2D eigenvalue weighted by Gasteiger charge is -2.17. The number of halogens is 1. The molecule has 0 fully saturated rings. The van der Waals surface area contributed by atoms with Gasteiger partial charge < -0.3 is 14.9 Å². The van der Waals surface area contributed by atoms with Gasteiger partial charge in [-0.3, -0.25) is 0 Å². The molecule has 0 aliphatic heterocycles. The topological polar surface area (TPSA) is 61.3 Å². The molecule has 0 atom stereocenters. The van der Waals surface area contributed by atoms with E-state index in [0.717, 1.165) is 9.99 Å². The quantitative estimate of drug-likeness (QED) is 0.862. The van der Waals surface area contributed by atoms with E-state index in [2.05, 4.69) is 20.9 Å². The molecule has 0 radical (unpaired) electrons. The van der Waals surface area contributed by atoms with Crippen molar-refractivity contribution in [3.05, 3.63) is 22.5 Å². The highest BCUT2D eigenvalue weighted by atomic mass is 79.9. The zero-order valence-corrected chi connectivity index (χ0v) is 11.7. The van der Waals surface area contributed by atoms with Crippen molar-refractivity contribution in [1.82, 2.24) is 4.98 Å². The fraction of sp³-hybridized carbons (Fsp3) is 0.417. The highest BCUT2D eigenvalue weighted by Crippen LogP contribution is 2.27. The predicted molar refractivity (Wildman–Crippen MR) is 70.7 cm³/mol. The normalized spacial score (nSPS) is 12.2. The Labute approximate surface area is 108 Å². The van der Waals surface area contributed by atoms with Crippen molar-refractivity contribution in [3.8, 4) is 0 Å². The van der Waals surface area contributed by atoms with E-state index in [-0.39, 0.29) is 5.60 Å². The molecule has 17 heavy (non-hydrogen) atoms. The SMILES string of the molecule is CC(C)(C)OCc1nc2cc(Br)cc(N)c2o1. The van der Waals surface area contributed by atoms with E-state index in [1.54, 1.807) is 6.07 Å². The van der Waals surface area contributed by atoms with Crippen LogP contribution < -0.4 is 5.73 Å². The Morgan fingerprint density at radius 3 is 2.76 bits per heavy atom. The Kier molecular flexibility index (Phi) is 3.14. The van der Waals surface area contributed by atoms with Gasteiger partial charge in [0.15, 0.2) is 5.58 Å². The van der Waals surface area contributed by atoms with Gasteiger partial charge in [0.2, 0.25) is 5.89 Å². The molecule has 0 saturated carbocycles. The zero-order chi connectivity index (χ0) is 12.6. The van der Waals surface area contributed by atoms with Crippen LogP contribution in [0, 0.1) is 0 Å². The second-order valence-corrected chi connectivity index (χ2v) is 5.77. The van der Waals surface area contributed by atoms with Crippen LogP contribution in [0.25, 0.3) is 11.1 Å². The highest BCUT2D eigenvalue weighted by Gasteiger charge is 2.14. The van der Waals surface area contributed by atoms with Crippen LogP contribution in [0.1, 0.15) is 26.7 Å². The number of ether oxygens (including phenoxy) is 1. The van der Waals surface area contributed by atoms with E-state index in [1.165, 1.54) is 0 Å². The third kappa shape index (κ3) is 2.98. The van der Waals surface area contributed by atoms with Crippen molar-refractivity contribution in [1.29, 1.82) is 0 Å². The van der Waals surface area contributed by atoms with Gasteiger partial charge in [-0.25, -0.2) is 4.98 Å². The Morgan fingerprint density at radius 1 is 1.41 bits per heavy atom. The third-order valence-electron chi connectivity index (χ3n) is 2.16. The molecule has 0 unspecified atom stereocenters. The minimum Gasteiger partial charge on any atom is -0.436 e. The van der Waals surface area contributed by atoms with Crippen LogP contribution in [0.2, 0.25) is 0 Å². The summed E-state index contributed by atoms with van der Waals surface area (Å²) in [5.41, 5.74) is 7.56. The zero-order valence-electron chi connectivity index (χ0n) is 10.1. The molecule has 1 aromatic carbocycles. The number of anilines is 1. The third-order valence-corrected chi connectivity index (χ3v) is 2.61. The van der Waals surface area contributed by atoms with Crippen molar-refractivity contribution in [2.24, 2.45) is 0 Å². The second-order valence-electron chi connectivity index (χ2n) is 4.85. The molecule has 92 valence electrons. The van der Waals surface area contributed by atoms with Gasteiger partial charge in [-0.05, 0) is 32.9 Å². The summed E-state index contributed by atoms with van der Waals surface area (Å²) in [6, 6.07) is 3.66. The molecule has 0 aliphatic carbocycles. The molecule has 2 aromatic rings. The standard InChI is InChI=1S/C12H15BrN2O2/c1-12(2,3)16-6-10-15-9-5-7(13)4-8(14)11(9)17-10/h4-5H,6,14H2,1-3H3. The summed E-state index contributed by atoms with van der Waals surface area (Å²) >= 11 is 3.37. The van der Waals surface area contributed by atoms with Crippen molar-refractivity contribution >= 4 is 32.7 Å². The average Bonchev–Trinajstić information content (AvgIpc) is 2.56. The van der Waals surface area contributed by atoms with E-state index in [0.29, 0.717) is 23.8 Å². The van der Waals surface area contributed by atoms with E-state index in [4.69, 9.17) is 14.9 Å². The number of benzene rings is 1. The van der Waals surface area contributed by atoms with Gasteiger partial charge in [-0.2, -0.15) is 0 Å². The average molecular weight is 299 g/mol. The molecule has 4 nitrogen and oxygen atoms in total. The van der Waals surface area contributed by atoms with Crippen molar-refractivity contribution in [2.75, 3.05) is 5.73 Å². The van der Waals surface area contributed by atoms with Crippen LogP contribution in [-0.2, 0) is 11.3 Å². The van der Waals surface area contributed by atoms with E-state index < -0.39 is 0 Å². The first-order valence-corrected chi connectivity index (χ1v) is 6.13. The maximum atomic E-state index is 5.85. The molecular weight excluding hydrogens is 284 g/mol. The summed E-state index contributed by atoms with van der Waals surface area (Å²) in [5, 5.41) is 0. The largest absolute Gasteiger partial charge is 0.436 e. The predicted octanol–water partition coefficient (Wildman–Crippen LogP) is 3.49. The smallest absolute Gasteiger partial charge is 0.221 e. The highest BCUT2D eigenvalue weighted by molar-refractivity contribution is 9.10. The Bertz CT molecular complexity index is 543. The van der Waals surface area contributed by atoms with Crippen LogP contribution in [0.4, 0.5) is 5.69 Å². The second kappa shape index (κ2) is 4.31. The summed E-state index contributed by atoms with van der Waals surface area (Å²) in [5.74, 6) is 0.541. The molecule has 2 rings (SSSR count). The van der Waals surface area contributed by atoms with E-state index in [1.807, 2.05) is 26.8 Å². The number of hydrogen-bond donors (Lipinski definition) is 1. The molecular formula is C12H15BrN2O2. The number of rotatable bonds is 2. The van der Waals surface area contributed by atoms with Gasteiger partial charge in [-0.15, -0.1) is 0 Å². The molecule has 1 heterocycles. The summed E-state index contributed by atoms with van der Waals surface area (Å²) in [6.45, 7) is 6.30. The first-order valence-electron chi connectivity index (χ1n) is 5.33. The number of aromatic nitrogens is 1. The van der Waals surface area contributed by atoms with Crippen LogP contribution in [0.3, 0.4) is 0 Å². The first kappa shape index (κ1) is 12.4. The van der Waals surface area contributed by atoms with Crippen LogP contribution in [0.15, 0.2) is 21.0 Å². The summed E-state index contributed by atoms with van der Waals surface area (Å²) in [6.07, 6.45) is 0. The molecule has 0 bridgehead atoms. The van der Waals surface area contributed by atoms with Crippen molar-refractivity contribution in [2.45, 2.75) is 33.0 Å². The summed E-state index contributed by atoms with van der Waals surface area (Å²) < 4.78 is 12.1. The lowest BCUT2D eigenvalue weighted by molar-refractivity contribution is -0.0238. The molecule has 0 aliphatic rings. The Balaban J connectivity index is 2.29. The Morgan fingerprint density at radius 2 is 2.12 bits per heavy atom. The van der Waals surface area contributed by atoms with Gasteiger partial charge in [0.1, 0.15) is 12.1 Å². The van der Waals surface area contributed by atoms with Crippen LogP contribution in [-0.4, -0.2) is 10.6 Å². The number of oxazole rings is 1. The minimum absolute atomic E-state index is 0.215. The van der Waals surface area contributed by atoms with E-state index in [9.17, 15) is 0 Å². The Hall–Kier alpha value is -1.07. The molecule has 1 aromatic heterocycles. The summed E-state index contributed by atoms with van der Waals surface area (Å²) in [7, 11) is 0. The lowest BCUT2D eigenvalue weighted by atomic mass is 10.2. The van der Waals surface area contributed by atoms with Crippen LogP contribution in [0.5, 0.6) is 0 Å². The van der Waals surface area contributed by atoms with Gasteiger partial charge >= 0.3 is 0 Å². The summed E-state index contributed by atoms with van der Waals surface area (Å²) in [4.78, 5) is 4.34. The lowest BCUT2D eigenvalue weighted by Crippen LogP contribution is -2.18. The van der Waals surface area contributed by atoms with Gasteiger partial charge in [0.25, 0.3) is 0 Å². The molecule has 0 saturated heterocycles. The van der Waals surface area contributed by atoms with Crippen molar-refractivity contribution < 1.29 is 9.15 Å². The number of nitrogens with two attached hydrogens (primary N) is 1. The van der Waals surface area contributed by atoms with Gasteiger partial charge in [0.05, 0.1) is 11.3 Å². The monoisotopic (exact) mass is 298 g/mol. The first-order chi connectivity index (χ1) is 7.85. The van der Waals surface area contributed by atoms with E-state index >= 15 is 0 Å². The molecule has 0 spiro atoms. The maximum Gasteiger partial charge on any atom is 0.221 e. The molecule has 2 N–H and O–H groups in total. The molecule has 0 amide bonds. The maximum absolute atomic E-state index is 5.85. The van der Waals surface area contributed by atoms with Gasteiger partial charge in [-0.1, -0.05) is 15.9 Å². The number of fused-ring (bicyclic) bond motifs is 1. The fourth-order valence-corrected chi connectivity index (χ4v) is 1.87. The van der Waals surface area contributed by atoms with Crippen LogP contribution >= 0.6 is 15.9 Å². The molecule has 5 heteroatoms.